The van der Waals surface area contributed by atoms with Gasteiger partial charge in [0.15, 0.2) is 0 Å². The Labute approximate surface area is 180 Å². The second kappa shape index (κ2) is 8.71. The van der Waals surface area contributed by atoms with E-state index in [1.54, 1.807) is 25.2 Å². The molecule has 31 heavy (non-hydrogen) atoms. The minimum absolute atomic E-state index is 0.0788. The number of anilines is 1. The Morgan fingerprint density at radius 2 is 2.16 bits per heavy atom. The van der Waals surface area contributed by atoms with Gasteiger partial charge in [-0.05, 0) is 43.5 Å². The van der Waals surface area contributed by atoms with Crippen molar-refractivity contribution in [3.63, 3.8) is 0 Å². The zero-order valence-electron chi connectivity index (χ0n) is 16.9. The molecule has 0 bridgehead atoms. The molecule has 6 nitrogen and oxygen atoms in total. The third-order valence-corrected chi connectivity index (χ3v) is 6.49. The first-order valence-electron chi connectivity index (χ1n) is 10.0. The van der Waals surface area contributed by atoms with Gasteiger partial charge in [-0.3, -0.25) is 0 Å². The fraction of sp³-hybridized carbons (Fsp3) is 0.500. The predicted molar refractivity (Wildman–Crippen MR) is 112 cm³/mol. The highest BCUT2D eigenvalue weighted by Gasteiger charge is 2.34. The summed E-state index contributed by atoms with van der Waals surface area (Å²) in [4.78, 5) is 4.54. The van der Waals surface area contributed by atoms with Gasteiger partial charge < -0.3 is 20.5 Å². The third-order valence-electron chi connectivity index (χ3n) is 5.21. The summed E-state index contributed by atoms with van der Waals surface area (Å²) in [5, 5.41) is 13.4. The number of thiophene rings is 1. The van der Waals surface area contributed by atoms with Gasteiger partial charge in [-0.2, -0.15) is 18.2 Å². The normalized spacial score (nSPS) is 19.8. The van der Waals surface area contributed by atoms with Gasteiger partial charge in [-0.1, -0.05) is 17.3 Å². The molecule has 0 aliphatic carbocycles. The van der Waals surface area contributed by atoms with E-state index >= 15 is 0 Å². The number of nitrogens with zero attached hydrogens (tertiary/aromatic N) is 2. The summed E-state index contributed by atoms with van der Waals surface area (Å²) in [6.07, 6.45) is -4.33. The molecule has 0 amide bonds. The number of rotatable bonds is 7. The number of hydrogen-bond donors (Lipinski definition) is 3. The molecule has 3 aromatic rings. The summed E-state index contributed by atoms with van der Waals surface area (Å²) >= 11 is 1.16. The molecule has 1 aliphatic heterocycles. The third kappa shape index (κ3) is 4.99. The quantitative estimate of drug-likeness (QED) is 0.460. The van der Waals surface area contributed by atoms with Gasteiger partial charge >= 0.3 is 6.18 Å². The van der Waals surface area contributed by atoms with Crippen LogP contribution < -0.4 is 16.0 Å². The second-order valence-corrected chi connectivity index (χ2v) is 8.73. The molecule has 1 aromatic carbocycles. The van der Waals surface area contributed by atoms with E-state index < -0.39 is 18.3 Å². The Morgan fingerprint density at radius 1 is 1.32 bits per heavy atom. The lowest BCUT2D eigenvalue weighted by atomic mass is 9.96. The average molecular weight is 457 g/mol. The summed E-state index contributed by atoms with van der Waals surface area (Å²) in [5.74, 6) is 0.408. The van der Waals surface area contributed by atoms with Crippen LogP contribution in [0.2, 0.25) is 0 Å². The molecule has 0 saturated carbocycles. The number of aromatic nitrogens is 2. The number of halogens is 4. The van der Waals surface area contributed by atoms with E-state index in [9.17, 15) is 17.6 Å². The van der Waals surface area contributed by atoms with Crippen LogP contribution in [0.1, 0.15) is 24.3 Å². The van der Waals surface area contributed by atoms with E-state index in [4.69, 9.17) is 4.52 Å². The van der Waals surface area contributed by atoms with Crippen LogP contribution in [0.4, 0.5) is 23.2 Å². The van der Waals surface area contributed by atoms with Crippen LogP contribution in [0.3, 0.4) is 0 Å². The van der Waals surface area contributed by atoms with Crippen LogP contribution in [0.25, 0.3) is 20.8 Å². The van der Waals surface area contributed by atoms with Gasteiger partial charge in [0, 0.05) is 6.54 Å². The zero-order valence-corrected chi connectivity index (χ0v) is 17.7. The molecule has 3 heterocycles. The van der Waals surface area contributed by atoms with Crippen molar-refractivity contribution < 1.29 is 22.1 Å². The standard InChI is InChI=1S/C20H23F4N5OS/c1-25-9-15-28-18(29-30-15)17-13(8-20(22,23)24)12-4-2-5-14(16(12)31-17)27-11-19(21)6-3-7-26-10-19/h2,4-5,25-27H,3,6-11H2,1H3. The van der Waals surface area contributed by atoms with Crippen molar-refractivity contribution in [3.05, 3.63) is 29.7 Å². The maximum Gasteiger partial charge on any atom is 0.393 e. The van der Waals surface area contributed by atoms with Crippen molar-refractivity contribution in [2.45, 2.75) is 37.7 Å². The molecule has 11 heteroatoms. The fourth-order valence-corrected chi connectivity index (χ4v) is 5.01. The lowest BCUT2D eigenvalue weighted by Gasteiger charge is -2.30. The molecule has 1 unspecified atom stereocenters. The van der Waals surface area contributed by atoms with Gasteiger partial charge in [0.2, 0.25) is 11.7 Å². The predicted octanol–water partition coefficient (Wildman–Crippen LogP) is 4.28. The van der Waals surface area contributed by atoms with Crippen LogP contribution in [-0.4, -0.2) is 48.7 Å². The van der Waals surface area contributed by atoms with E-state index in [0.717, 1.165) is 24.3 Å². The molecule has 168 valence electrons. The van der Waals surface area contributed by atoms with Crippen LogP contribution in [-0.2, 0) is 13.0 Å². The second-order valence-electron chi connectivity index (χ2n) is 7.71. The summed E-state index contributed by atoms with van der Waals surface area (Å²) < 4.78 is 60.9. The molecular formula is C20H23F4N5OS. The first kappa shape index (κ1) is 22.0. The Hall–Kier alpha value is -2.24. The maximum absolute atomic E-state index is 15.0. The van der Waals surface area contributed by atoms with Crippen LogP contribution in [0, 0.1) is 0 Å². The average Bonchev–Trinajstić information content (AvgIpc) is 3.31. The fourth-order valence-electron chi connectivity index (χ4n) is 3.77. The Kier molecular flexibility index (Phi) is 6.18. The monoisotopic (exact) mass is 457 g/mol. The molecule has 3 N–H and O–H groups in total. The van der Waals surface area contributed by atoms with E-state index in [0.29, 0.717) is 33.6 Å². The van der Waals surface area contributed by atoms with Crippen molar-refractivity contribution in [1.82, 2.24) is 20.8 Å². The first-order valence-corrected chi connectivity index (χ1v) is 10.8. The summed E-state index contributed by atoms with van der Waals surface area (Å²) in [7, 11) is 1.70. The largest absolute Gasteiger partial charge is 0.393 e. The highest BCUT2D eigenvalue weighted by molar-refractivity contribution is 7.23. The van der Waals surface area contributed by atoms with Crippen LogP contribution in [0.5, 0.6) is 0 Å². The van der Waals surface area contributed by atoms with Gasteiger partial charge in [0.25, 0.3) is 0 Å². The van der Waals surface area contributed by atoms with Crippen molar-refractivity contribution in [2.75, 3.05) is 32.0 Å². The number of piperidine rings is 1. The topological polar surface area (TPSA) is 75.0 Å². The van der Waals surface area contributed by atoms with E-state index in [1.807, 2.05) is 0 Å². The molecule has 0 spiro atoms. The molecule has 2 aromatic heterocycles. The molecule has 1 aliphatic rings. The Balaban J connectivity index is 1.72. The van der Waals surface area contributed by atoms with Crippen molar-refractivity contribution in [1.29, 1.82) is 0 Å². The first-order chi connectivity index (χ1) is 14.8. The van der Waals surface area contributed by atoms with Gasteiger partial charge in [0.05, 0.1) is 34.8 Å². The lowest BCUT2D eigenvalue weighted by Crippen LogP contribution is -2.46. The number of hydrogen-bond acceptors (Lipinski definition) is 7. The smallest absolute Gasteiger partial charge is 0.381 e. The minimum atomic E-state index is -4.40. The summed E-state index contributed by atoms with van der Waals surface area (Å²) in [5.41, 5.74) is -0.702. The SMILES string of the molecule is CNCc1nc(-c2sc3c(NCC4(F)CCCNC4)cccc3c2CC(F)(F)F)no1. The summed E-state index contributed by atoms with van der Waals surface area (Å²) in [6.45, 7) is 1.43. The van der Waals surface area contributed by atoms with Gasteiger partial charge in [-0.25, -0.2) is 4.39 Å². The van der Waals surface area contributed by atoms with Crippen molar-refractivity contribution >= 4 is 27.1 Å². The van der Waals surface area contributed by atoms with Gasteiger partial charge in [-0.15, -0.1) is 11.3 Å². The molecular weight excluding hydrogens is 434 g/mol. The highest BCUT2D eigenvalue weighted by Crippen LogP contribution is 2.43. The molecule has 1 fully saturated rings. The molecule has 1 atom stereocenters. The summed E-state index contributed by atoms with van der Waals surface area (Å²) in [6, 6.07) is 5.07. The van der Waals surface area contributed by atoms with Crippen LogP contribution in [0.15, 0.2) is 22.7 Å². The van der Waals surface area contributed by atoms with Gasteiger partial charge in [0.1, 0.15) is 5.67 Å². The number of benzene rings is 1. The zero-order chi connectivity index (χ0) is 22.1. The maximum atomic E-state index is 15.0. The van der Waals surface area contributed by atoms with Crippen LogP contribution >= 0.6 is 11.3 Å². The van der Waals surface area contributed by atoms with E-state index in [2.05, 4.69) is 26.1 Å². The number of nitrogens with one attached hydrogen (secondary N) is 3. The van der Waals surface area contributed by atoms with Crippen molar-refractivity contribution in [2.24, 2.45) is 0 Å². The Morgan fingerprint density at radius 3 is 2.87 bits per heavy atom. The number of alkyl halides is 4. The Bertz CT molecular complexity index is 1040. The highest BCUT2D eigenvalue weighted by atomic mass is 32.1. The number of fused-ring (bicyclic) bond motifs is 1. The molecule has 1 saturated heterocycles. The minimum Gasteiger partial charge on any atom is -0.381 e. The molecule has 4 rings (SSSR count). The van der Waals surface area contributed by atoms with E-state index in [-0.39, 0.29) is 30.4 Å². The van der Waals surface area contributed by atoms with E-state index in [1.165, 1.54) is 0 Å². The lowest BCUT2D eigenvalue weighted by molar-refractivity contribution is -0.126. The molecule has 0 radical (unpaired) electrons. The van der Waals surface area contributed by atoms with Crippen molar-refractivity contribution in [3.8, 4) is 10.7 Å².